The van der Waals surface area contributed by atoms with Gasteiger partial charge < -0.3 is 9.84 Å². The van der Waals surface area contributed by atoms with E-state index < -0.39 is 6.10 Å². The highest BCUT2D eigenvalue weighted by molar-refractivity contribution is 6.09. The number of aliphatic hydroxyl groups excluding tert-OH is 1. The molecule has 1 unspecified atom stereocenters. The number of ketones is 1. The summed E-state index contributed by atoms with van der Waals surface area (Å²) in [6, 6.07) is 0. The molecule has 1 aliphatic heterocycles. The second kappa shape index (κ2) is 3.69. The Kier molecular flexibility index (Phi) is 2.50. The van der Waals surface area contributed by atoms with Crippen LogP contribution in [0, 0.1) is 16.7 Å². The molecule has 0 aromatic rings. The standard InChI is InChI=1S/C15H20O4/c1-14(2)10-6-9(16)8-7-19-13(18)12(8)15(10,3)5-4-11(14)17/h10-11,17H,4-7H2,1-3H3/t10?,11-,15-/m0/s1. The summed E-state index contributed by atoms with van der Waals surface area (Å²) < 4.78 is 5.08. The van der Waals surface area contributed by atoms with Crippen molar-refractivity contribution in [2.75, 3.05) is 6.61 Å². The molecule has 1 N–H and O–H groups in total. The first-order valence-corrected chi connectivity index (χ1v) is 6.90. The lowest BCUT2D eigenvalue weighted by molar-refractivity contribution is -0.141. The molecule has 1 fully saturated rings. The van der Waals surface area contributed by atoms with Crippen molar-refractivity contribution in [2.45, 2.75) is 46.1 Å². The first kappa shape index (κ1) is 12.9. The van der Waals surface area contributed by atoms with Crippen molar-refractivity contribution in [3.8, 4) is 0 Å². The fourth-order valence-corrected chi connectivity index (χ4v) is 4.34. The van der Waals surface area contributed by atoms with Gasteiger partial charge in [0.25, 0.3) is 0 Å². The predicted molar refractivity (Wildman–Crippen MR) is 68.2 cm³/mol. The van der Waals surface area contributed by atoms with Gasteiger partial charge in [0.05, 0.1) is 11.7 Å². The van der Waals surface area contributed by atoms with E-state index in [2.05, 4.69) is 6.92 Å². The molecule has 3 atom stereocenters. The van der Waals surface area contributed by atoms with E-state index in [0.717, 1.165) is 6.42 Å². The van der Waals surface area contributed by atoms with E-state index in [4.69, 9.17) is 4.74 Å². The maximum Gasteiger partial charge on any atom is 0.335 e. The molecule has 4 heteroatoms. The van der Waals surface area contributed by atoms with Gasteiger partial charge in [0.15, 0.2) is 5.78 Å². The van der Waals surface area contributed by atoms with Crippen LogP contribution in [0.3, 0.4) is 0 Å². The summed E-state index contributed by atoms with van der Waals surface area (Å²) in [6.07, 6.45) is 1.40. The van der Waals surface area contributed by atoms with Crippen LogP contribution in [0.1, 0.15) is 40.0 Å². The Hall–Kier alpha value is -1.16. The average molecular weight is 264 g/mol. The van der Waals surface area contributed by atoms with Crippen molar-refractivity contribution >= 4 is 11.8 Å². The van der Waals surface area contributed by atoms with Crippen molar-refractivity contribution in [3.05, 3.63) is 11.1 Å². The highest BCUT2D eigenvalue weighted by Gasteiger charge is 2.59. The lowest BCUT2D eigenvalue weighted by Crippen LogP contribution is -2.53. The van der Waals surface area contributed by atoms with Crippen molar-refractivity contribution in [2.24, 2.45) is 16.7 Å². The third-order valence-corrected chi connectivity index (χ3v) is 5.61. The Labute approximate surface area is 112 Å². The summed E-state index contributed by atoms with van der Waals surface area (Å²) in [6.45, 7) is 6.19. The molecule has 2 aliphatic carbocycles. The molecule has 104 valence electrons. The van der Waals surface area contributed by atoms with Crippen LogP contribution in [0.25, 0.3) is 0 Å². The first-order valence-electron chi connectivity index (χ1n) is 6.90. The first-order chi connectivity index (χ1) is 8.78. The second-order valence-corrected chi connectivity index (χ2v) is 6.90. The van der Waals surface area contributed by atoms with Crippen molar-refractivity contribution in [1.82, 2.24) is 0 Å². The molecule has 0 aromatic heterocycles. The van der Waals surface area contributed by atoms with Crippen LogP contribution in [0.15, 0.2) is 11.1 Å². The fourth-order valence-electron chi connectivity index (χ4n) is 4.34. The molecule has 3 rings (SSSR count). The molecule has 0 aromatic carbocycles. The number of carbonyl (C=O) groups excluding carboxylic acids is 2. The van der Waals surface area contributed by atoms with Gasteiger partial charge in [0.2, 0.25) is 0 Å². The third-order valence-electron chi connectivity index (χ3n) is 5.61. The number of aliphatic hydroxyl groups is 1. The van der Waals surface area contributed by atoms with E-state index in [9.17, 15) is 14.7 Å². The van der Waals surface area contributed by atoms with Gasteiger partial charge in [0.1, 0.15) is 6.61 Å². The van der Waals surface area contributed by atoms with Gasteiger partial charge in [-0.2, -0.15) is 0 Å². The van der Waals surface area contributed by atoms with Gasteiger partial charge in [-0.15, -0.1) is 0 Å². The number of hydrogen-bond donors (Lipinski definition) is 1. The fraction of sp³-hybridized carbons (Fsp3) is 0.733. The average Bonchev–Trinajstić information content (AvgIpc) is 2.73. The molecular weight excluding hydrogens is 244 g/mol. The quantitative estimate of drug-likeness (QED) is 0.675. The number of carbonyl (C=O) groups is 2. The van der Waals surface area contributed by atoms with Gasteiger partial charge in [-0.3, -0.25) is 4.79 Å². The Morgan fingerprint density at radius 1 is 1.26 bits per heavy atom. The third kappa shape index (κ3) is 1.49. The van der Waals surface area contributed by atoms with Gasteiger partial charge in [0, 0.05) is 17.4 Å². The zero-order chi connectivity index (χ0) is 14.0. The zero-order valence-corrected chi connectivity index (χ0v) is 11.7. The summed E-state index contributed by atoms with van der Waals surface area (Å²) in [7, 11) is 0. The molecule has 0 bridgehead atoms. The molecule has 0 amide bonds. The smallest absolute Gasteiger partial charge is 0.335 e. The van der Waals surface area contributed by atoms with Crippen LogP contribution < -0.4 is 0 Å². The van der Waals surface area contributed by atoms with E-state index in [1.54, 1.807) is 0 Å². The molecule has 1 heterocycles. The predicted octanol–water partition coefficient (Wildman–Crippen LogP) is 1.62. The van der Waals surface area contributed by atoms with Crippen LogP contribution in [0.4, 0.5) is 0 Å². The SMILES string of the molecule is CC1(C)C2CC(=O)C3=C(C(=O)OC3)[C@@]2(C)CC[C@@H]1O. The topological polar surface area (TPSA) is 63.6 Å². The monoisotopic (exact) mass is 264 g/mol. The summed E-state index contributed by atoms with van der Waals surface area (Å²) in [5.74, 6) is -0.311. The molecule has 1 saturated carbocycles. The minimum atomic E-state index is -0.419. The number of hydrogen-bond acceptors (Lipinski definition) is 4. The van der Waals surface area contributed by atoms with Crippen molar-refractivity contribution in [1.29, 1.82) is 0 Å². The summed E-state index contributed by atoms with van der Waals surface area (Å²) in [5.41, 5.74) is 0.480. The lowest BCUT2D eigenvalue weighted by atomic mass is 9.49. The molecule has 3 aliphatic rings. The lowest BCUT2D eigenvalue weighted by Gasteiger charge is -2.54. The van der Waals surface area contributed by atoms with Crippen molar-refractivity contribution in [3.63, 3.8) is 0 Å². The molecule has 0 spiro atoms. The normalized spacial score (nSPS) is 40.8. The number of rotatable bonds is 0. The number of esters is 1. The maximum absolute atomic E-state index is 12.2. The van der Waals surface area contributed by atoms with Gasteiger partial charge in [-0.05, 0) is 24.2 Å². The molecule has 0 radical (unpaired) electrons. The van der Waals surface area contributed by atoms with E-state index in [-0.39, 0.29) is 35.1 Å². The van der Waals surface area contributed by atoms with E-state index in [0.29, 0.717) is 24.0 Å². The highest BCUT2D eigenvalue weighted by atomic mass is 16.5. The zero-order valence-electron chi connectivity index (χ0n) is 11.7. The van der Waals surface area contributed by atoms with Gasteiger partial charge in [-0.1, -0.05) is 20.8 Å². The summed E-state index contributed by atoms with van der Waals surface area (Å²) in [5, 5.41) is 10.2. The van der Waals surface area contributed by atoms with Crippen LogP contribution in [0.5, 0.6) is 0 Å². The van der Waals surface area contributed by atoms with E-state index >= 15 is 0 Å². The number of cyclic esters (lactones) is 1. The van der Waals surface area contributed by atoms with Crippen LogP contribution in [-0.2, 0) is 14.3 Å². The maximum atomic E-state index is 12.2. The Bertz CT molecular complexity index is 502. The Morgan fingerprint density at radius 3 is 2.63 bits per heavy atom. The van der Waals surface area contributed by atoms with E-state index in [1.807, 2.05) is 13.8 Å². The summed E-state index contributed by atoms with van der Waals surface area (Å²) in [4.78, 5) is 24.3. The number of Topliss-reactive ketones (excluding diaryl/α,β-unsaturated/α-hetero) is 1. The number of ether oxygens (including phenoxy) is 1. The number of fused-ring (bicyclic) bond motifs is 2. The van der Waals surface area contributed by atoms with E-state index in [1.165, 1.54) is 0 Å². The minimum absolute atomic E-state index is 0.000602. The Morgan fingerprint density at radius 2 is 1.95 bits per heavy atom. The minimum Gasteiger partial charge on any atom is -0.457 e. The molecule has 4 nitrogen and oxygen atoms in total. The van der Waals surface area contributed by atoms with Crippen LogP contribution >= 0.6 is 0 Å². The van der Waals surface area contributed by atoms with Crippen molar-refractivity contribution < 1.29 is 19.4 Å². The Balaban J connectivity index is 2.15. The van der Waals surface area contributed by atoms with Gasteiger partial charge >= 0.3 is 5.97 Å². The summed E-state index contributed by atoms with van der Waals surface area (Å²) >= 11 is 0. The van der Waals surface area contributed by atoms with Crippen LogP contribution in [-0.4, -0.2) is 29.6 Å². The highest BCUT2D eigenvalue weighted by Crippen LogP contribution is 2.59. The largest absolute Gasteiger partial charge is 0.457 e. The molecule has 19 heavy (non-hydrogen) atoms. The van der Waals surface area contributed by atoms with Gasteiger partial charge in [-0.25, -0.2) is 4.79 Å². The molecular formula is C15H20O4. The second-order valence-electron chi connectivity index (χ2n) is 6.90. The molecule has 0 saturated heterocycles. The van der Waals surface area contributed by atoms with Crippen LogP contribution in [0.2, 0.25) is 0 Å².